The zero-order valence-corrected chi connectivity index (χ0v) is 8.98. The van der Waals surface area contributed by atoms with Crippen LogP contribution in [0.4, 0.5) is 0 Å². The lowest BCUT2D eigenvalue weighted by Crippen LogP contribution is -1.77. The van der Waals surface area contributed by atoms with Crippen molar-refractivity contribution in [2.45, 2.75) is 41.0 Å². The normalized spacial score (nSPS) is 5.82. The molecule has 2 heteroatoms. The van der Waals surface area contributed by atoms with Crippen LogP contribution in [0.2, 0.25) is 0 Å². The molecule has 0 atom stereocenters. The van der Waals surface area contributed by atoms with Crippen molar-refractivity contribution in [2.75, 3.05) is 7.05 Å². The van der Waals surface area contributed by atoms with Gasteiger partial charge in [-0.05, 0) is 13.0 Å². The van der Waals surface area contributed by atoms with Gasteiger partial charge in [0.05, 0.1) is 0 Å². The summed E-state index contributed by atoms with van der Waals surface area (Å²) in [4.78, 5) is 8.00. The zero-order chi connectivity index (χ0) is 10.3. The van der Waals surface area contributed by atoms with E-state index in [1.54, 1.807) is 0 Å². The summed E-state index contributed by atoms with van der Waals surface area (Å²) in [7, 11) is 1.50. The topological polar surface area (TPSA) is 43.1 Å². The summed E-state index contributed by atoms with van der Waals surface area (Å²) in [5, 5.41) is 0. The Bertz CT molecular complexity index is 30.7. The fourth-order valence-electron chi connectivity index (χ4n) is 0. The van der Waals surface area contributed by atoms with E-state index in [9.17, 15) is 0 Å². The Morgan fingerprint density at radius 2 is 1.27 bits per heavy atom. The van der Waals surface area contributed by atoms with Crippen LogP contribution in [0, 0.1) is 5.92 Å². The van der Waals surface area contributed by atoms with Gasteiger partial charge in [-0.1, -0.05) is 41.0 Å². The van der Waals surface area contributed by atoms with E-state index in [4.69, 9.17) is 4.79 Å². The lowest BCUT2D eigenvalue weighted by atomic mass is 10.2. The molecule has 2 N–H and O–H groups in total. The summed E-state index contributed by atoms with van der Waals surface area (Å²) in [6, 6.07) is 0. The predicted molar refractivity (Wildman–Crippen MR) is 53.7 cm³/mol. The molecule has 0 aromatic carbocycles. The summed E-state index contributed by atoms with van der Waals surface area (Å²) < 4.78 is 0. The van der Waals surface area contributed by atoms with Gasteiger partial charge in [-0.25, -0.2) is 0 Å². The number of carbonyl (C=O) groups is 1. The molecule has 0 amide bonds. The highest BCUT2D eigenvalue weighted by molar-refractivity contribution is 5.10. The third-order valence-electron chi connectivity index (χ3n) is 0.816. The largest absolute Gasteiger partial charge is 0.333 e. The van der Waals surface area contributed by atoms with Gasteiger partial charge in [-0.3, -0.25) is 0 Å². The summed E-state index contributed by atoms with van der Waals surface area (Å²) in [5.74, 6) is 0.884. The van der Waals surface area contributed by atoms with E-state index in [0.29, 0.717) is 0 Å². The molecule has 0 bridgehead atoms. The highest BCUT2D eigenvalue weighted by Gasteiger charge is 1.80. The van der Waals surface area contributed by atoms with Gasteiger partial charge < -0.3 is 10.5 Å². The van der Waals surface area contributed by atoms with Crippen molar-refractivity contribution >= 4 is 6.79 Å². The van der Waals surface area contributed by atoms with Crippen molar-refractivity contribution in [3.05, 3.63) is 0 Å². The first-order valence-corrected chi connectivity index (χ1v) is 4.14. The molecule has 0 radical (unpaired) electrons. The summed E-state index contributed by atoms with van der Waals surface area (Å²) in [6.07, 6.45) is 1.31. The molecule has 0 saturated carbocycles. The van der Waals surface area contributed by atoms with Crippen LogP contribution in [-0.2, 0) is 4.79 Å². The van der Waals surface area contributed by atoms with Crippen molar-refractivity contribution in [1.82, 2.24) is 0 Å². The summed E-state index contributed by atoms with van der Waals surface area (Å²) in [6.45, 7) is 12.6. The Labute approximate surface area is 72.2 Å². The minimum atomic E-state index is 0.884. The maximum absolute atomic E-state index is 8.00. The molecule has 0 heterocycles. The monoisotopic (exact) mass is 163 g/mol. The fraction of sp³-hybridized carbons (Fsp3) is 0.889. The molecule has 2 nitrogen and oxygen atoms in total. The van der Waals surface area contributed by atoms with Gasteiger partial charge in [0.2, 0.25) is 0 Å². The molecular formula is C9H25NO. The molecule has 11 heavy (non-hydrogen) atoms. The molecular weight excluding hydrogens is 138 g/mol. The number of hydrogen-bond acceptors (Lipinski definition) is 2. The van der Waals surface area contributed by atoms with Crippen LogP contribution < -0.4 is 5.73 Å². The van der Waals surface area contributed by atoms with Crippen LogP contribution in [0.25, 0.3) is 0 Å². The average molecular weight is 163 g/mol. The van der Waals surface area contributed by atoms with E-state index in [1.165, 1.54) is 13.5 Å². The Morgan fingerprint density at radius 3 is 1.27 bits per heavy atom. The zero-order valence-electron chi connectivity index (χ0n) is 8.98. The number of hydrogen-bond donors (Lipinski definition) is 1. The Kier molecular flexibility index (Phi) is 111. The van der Waals surface area contributed by atoms with Gasteiger partial charge in [0, 0.05) is 0 Å². The fourth-order valence-corrected chi connectivity index (χ4v) is 0. The second-order valence-corrected chi connectivity index (χ2v) is 1.80. The Balaban J connectivity index is -0.0000000350. The van der Waals surface area contributed by atoms with Crippen molar-refractivity contribution < 1.29 is 4.79 Å². The van der Waals surface area contributed by atoms with E-state index in [0.717, 1.165) is 5.92 Å². The van der Waals surface area contributed by atoms with Gasteiger partial charge in [-0.2, -0.15) is 0 Å². The smallest absolute Gasteiger partial charge is 0.106 e. The van der Waals surface area contributed by atoms with Gasteiger partial charge in [-0.15, -0.1) is 0 Å². The van der Waals surface area contributed by atoms with Crippen LogP contribution in [0.1, 0.15) is 41.0 Å². The molecule has 0 aliphatic heterocycles. The van der Waals surface area contributed by atoms with Gasteiger partial charge >= 0.3 is 0 Å². The van der Waals surface area contributed by atoms with E-state index in [-0.39, 0.29) is 0 Å². The molecule has 0 aromatic heterocycles. The third kappa shape index (κ3) is 211. The molecule has 0 aliphatic rings. The first-order chi connectivity index (χ1) is 5.27. The Hall–Kier alpha value is -0.370. The maximum atomic E-state index is 8.00. The second-order valence-electron chi connectivity index (χ2n) is 1.80. The van der Waals surface area contributed by atoms with E-state index in [2.05, 4.69) is 26.5 Å². The van der Waals surface area contributed by atoms with Gasteiger partial charge in [0.15, 0.2) is 0 Å². The molecule has 0 fully saturated rings. The summed E-state index contributed by atoms with van der Waals surface area (Å²) >= 11 is 0. The molecule has 0 aliphatic carbocycles. The van der Waals surface area contributed by atoms with Crippen LogP contribution in [0.5, 0.6) is 0 Å². The van der Waals surface area contributed by atoms with Gasteiger partial charge in [0.25, 0.3) is 0 Å². The van der Waals surface area contributed by atoms with Crippen LogP contribution in [0.15, 0.2) is 0 Å². The minimum Gasteiger partial charge on any atom is -0.333 e. The SMILES string of the molecule is C=O.CC.CCC(C)C.CN. The van der Waals surface area contributed by atoms with Crippen molar-refractivity contribution in [2.24, 2.45) is 11.7 Å². The van der Waals surface area contributed by atoms with E-state index >= 15 is 0 Å². The first kappa shape index (κ1) is 22.4. The lowest BCUT2D eigenvalue weighted by molar-refractivity contribution is -0.0979. The van der Waals surface area contributed by atoms with E-state index < -0.39 is 0 Å². The summed E-state index contributed by atoms with van der Waals surface area (Å²) in [5.41, 5.74) is 4.50. The minimum absolute atomic E-state index is 0.884. The molecule has 0 rings (SSSR count). The molecule has 0 aromatic rings. The molecule has 0 saturated heterocycles. The van der Waals surface area contributed by atoms with Crippen molar-refractivity contribution in [3.63, 3.8) is 0 Å². The third-order valence-corrected chi connectivity index (χ3v) is 0.816. The second kappa shape index (κ2) is 54.4. The molecule has 0 unspecified atom stereocenters. The molecule has 72 valence electrons. The van der Waals surface area contributed by atoms with E-state index in [1.807, 2.05) is 20.6 Å². The van der Waals surface area contributed by atoms with Crippen molar-refractivity contribution in [3.8, 4) is 0 Å². The number of carbonyl (C=O) groups excluding carboxylic acids is 1. The van der Waals surface area contributed by atoms with Gasteiger partial charge in [0.1, 0.15) is 6.79 Å². The van der Waals surface area contributed by atoms with Crippen LogP contribution in [-0.4, -0.2) is 13.8 Å². The lowest BCUT2D eigenvalue weighted by Gasteiger charge is -1.90. The average Bonchev–Trinajstić information content (AvgIpc) is 2.15. The highest BCUT2D eigenvalue weighted by atomic mass is 16.1. The molecule has 0 spiro atoms. The number of nitrogens with two attached hydrogens (primary N) is 1. The number of rotatable bonds is 1. The Morgan fingerprint density at radius 1 is 1.18 bits per heavy atom. The quantitative estimate of drug-likeness (QED) is 0.645. The van der Waals surface area contributed by atoms with Crippen molar-refractivity contribution in [1.29, 1.82) is 0 Å². The first-order valence-electron chi connectivity index (χ1n) is 4.14. The highest BCUT2D eigenvalue weighted by Crippen LogP contribution is 1.93. The predicted octanol–water partition coefficient (Wildman–Crippen LogP) is 2.47. The van der Waals surface area contributed by atoms with Crippen LogP contribution >= 0.6 is 0 Å². The standard InChI is InChI=1S/C5H12.C2H6.CH5N.CH2O/c1-4-5(2)3;3*1-2/h5H,4H2,1-3H3;1-2H3;2H2,1H3;1H2. The maximum Gasteiger partial charge on any atom is 0.106 e. The van der Waals surface area contributed by atoms with Crippen LogP contribution in [0.3, 0.4) is 0 Å².